The Hall–Kier alpha value is -1.02. The molecule has 2 rings (SSSR count). The van der Waals surface area contributed by atoms with Gasteiger partial charge >= 0.3 is 0 Å². The van der Waals surface area contributed by atoms with Gasteiger partial charge in [-0.3, -0.25) is 0 Å². The summed E-state index contributed by atoms with van der Waals surface area (Å²) in [7, 11) is 0. The number of benzene rings is 1. The molecule has 2 unspecified atom stereocenters. The summed E-state index contributed by atoms with van der Waals surface area (Å²) >= 11 is 0. The van der Waals surface area contributed by atoms with Crippen LogP contribution in [-0.4, -0.2) is 19.2 Å². The van der Waals surface area contributed by atoms with E-state index in [-0.39, 0.29) is 5.41 Å². The van der Waals surface area contributed by atoms with E-state index in [2.05, 4.69) is 57.3 Å². The summed E-state index contributed by atoms with van der Waals surface area (Å²) in [5.41, 5.74) is 1.62. The molecule has 0 aromatic heterocycles. The second-order valence-electron chi connectivity index (χ2n) is 6.18. The van der Waals surface area contributed by atoms with Gasteiger partial charge in [-0.05, 0) is 30.0 Å². The molecule has 2 atom stereocenters. The normalized spacial score (nSPS) is 21.0. The van der Waals surface area contributed by atoms with E-state index in [1.165, 1.54) is 5.56 Å². The van der Waals surface area contributed by atoms with Gasteiger partial charge in [0.2, 0.25) is 0 Å². The van der Waals surface area contributed by atoms with Crippen molar-refractivity contribution in [2.24, 2.45) is 5.41 Å². The average molecular weight is 247 g/mol. The summed E-state index contributed by atoms with van der Waals surface area (Å²) in [6.07, 6.45) is 1.10. The maximum atomic E-state index is 5.77. The summed E-state index contributed by atoms with van der Waals surface area (Å²) in [5, 5.41) is 3.68. The van der Waals surface area contributed by atoms with Gasteiger partial charge in [0.25, 0.3) is 0 Å². The zero-order chi connectivity index (χ0) is 13.2. The highest BCUT2D eigenvalue weighted by atomic mass is 16.5. The van der Waals surface area contributed by atoms with E-state index in [0.717, 1.165) is 25.3 Å². The molecular formula is C16H25NO. The lowest BCUT2D eigenvalue weighted by molar-refractivity contribution is 0.183. The van der Waals surface area contributed by atoms with Crippen LogP contribution in [0.4, 0.5) is 0 Å². The molecule has 0 saturated carbocycles. The molecule has 0 fully saturated rings. The minimum Gasteiger partial charge on any atom is -0.493 e. The standard InChI is InChI=1S/C16H25NO/c1-5-17-15(16(2,3)4)13-10-11-18-14-9-7-6-8-12(13)14/h6-9,13,15,17H,5,10-11H2,1-4H3. The summed E-state index contributed by atoms with van der Waals surface area (Å²) < 4.78 is 5.77. The number of rotatable bonds is 3. The third-order valence-corrected chi connectivity index (χ3v) is 3.76. The fraction of sp³-hybridized carbons (Fsp3) is 0.625. The molecule has 0 aliphatic carbocycles. The molecule has 0 saturated heterocycles. The predicted octanol–water partition coefficient (Wildman–Crippen LogP) is 3.58. The van der Waals surface area contributed by atoms with Crippen LogP contribution >= 0.6 is 0 Å². The Morgan fingerprint density at radius 3 is 2.72 bits per heavy atom. The van der Waals surface area contributed by atoms with Crippen molar-refractivity contribution < 1.29 is 4.74 Å². The number of likely N-dealkylation sites (N-methyl/N-ethyl adjacent to an activating group) is 1. The van der Waals surface area contributed by atoms with Crippen molar-refractivity contribution >= 4 is 0 Å². The zero-order valence-electron chi connectivity index (χ0n) is 12.0. The molecular weight excluding hydrogens is 222 g/mol. The molecule has 0 amide bonds. The van der Waals surface area contributed by atoms with Gasteiger partial charge < -0.3 is 10.1 Å². The second kappa shape index (κ2) is 5.31. The van der Waals surface area contributed by atoms with E-state index in [4.69, 9.17) is 4.74 Å². The highest BCUT2D eigenvalue weighted by molar-refractivity contribution is 5.39. The highest BCUT2D eigenvalue weighted by Crippen LogP contribution is 2.40. The topological polar surface area (TPSA) is 21.3 Å². The van der Waals surface area contributed by atoms with Crippen LogP contribution in [-0.2, 0) is 0 Å². The van der Waals surface area contributed by atoms with Crippen molar-refractivity contribution in [2.45, 2.75) is 46.1 Å². The van der Waals surface area contributed by atoms with E-state index in [1.807, 2.05) is 0 Å². The molecule has 1 aliphatic heterocycles. The molecule has 100 valence electrons. The van der Waals surface area contributed by atoms with Crippen molar-refractivity contribution in [1.29, 1.82) is 0 Å². The van der Waals surface area contributed by atoms with Gasteiger partial charge in [0.1, 0.15) is 5.75 Å². The van der Waals surface area contributed by atoms with Crippen molar-refractivity contribution in [2.75, 3.05) is 13.2 Å². The lowest BCUT2D eigenvalue weighted by atomic mass is 9.74. The van der Waals surface area contributed by atoms with Gasteiger partial charge in [-0.1, -0.05) is 45.9 Å². The molecule has 0 spiro atoms. The third-order valence-electron chi connectivity index (χ3n) is 3.76. The summed E-state index contributed by atoms with van der Waals surface area (Å²) in [6, 6.07) is 8.97. The summed E-state index contributed by atoms with van der Waals surface area (Å²) in [5.74, 6) is 1.62. The van der Waals surface area contributed by atoms with Crippen LogP contribution in [0.5, 0.6) is 5.75 Å². The smallest absolute Gasteiger partial charge is 0.122 e. The van der Waals surface area contributed by atoms with Crippen LogP contribution in [0.2, 0.25) is 0 Å². The lowest BCUT2D eigenvalue weighted by Gasteiger charge is -2.40. The van der Waals surface area contributed by atoms with Crippen LogP contribution in [0.15, 0.2) is 24.3 Å². The Kier molecular flexibility index (Phi) is 3.96. The van der Waals surface area contributed by atoms with E-state index in [9.17, 15) is 0 Å². The molecule has 1 aliphatic rings. The molecule has 1 aromatic rings. The van der Waals surface area contributed by atoms with Gasteiger partial charge in [0.15, 0.2) is 0 Å². The van der Waals surface area contributed by atoms with E-state index in [0.29, 0.717) is 12.0 Å². The third kappa shape index (κ3) is 2.69. The van der Waals surface area contributed by atoms with Crippen molar-refractivity contribution in [1.82, 2.24) is 5.32 Å². The molecule has 1 N–H and O–H groups in total. The first-order valence-electron chi connectivity index (χ1n) is 6.99. The van der Waals surface area contributed by atoms with Crippen molar-refractivity contribution in [3.8, 4) is 5.75 Å². The SMILES string of the molecule is CCNC(C1CCOc2ccccc21)C(C)(C)C. The Bertz CT molecular complexity index is 394. The highest BCUT2D eigenvalue weighted by Gasteiger charge is 2.35. The number of hydrogen-bond acceptors (Lipinski definition) is 2. The minimum absolute atomic E-state index is 0.255. The molecule has 2 nitrogen and oxygen atoms in total. The van der Waals surface area contributed by atoms with Gasteiger partial charge in [0, 0.05) is 12.0 Å². The van der Waals surface area contributed by atoms with Gasteiger partial charge in [-0.2, -0.15) is 0 Å². The average Bonchev–Trinajstić information content (AvgIpc) is 2.34. The number of nitrogens with one attached hydrogen (secondary N) is 1. The number of ether oxygens (including phenoxy) is 1. The van der Waals surface area contributed by atoms with Gasteiger partial charge in [0.05, 0.1) is 6.61 Å². The fourth-order valence-corrected chi connectivity index (χ4v) is 2.99. The number of fused-ring (bicyclic) bond motifs is 1. The maximum absolute atomic E-state index is 5.77. The lowest BCUT2D eigenvalue weighted by Crippen LogP contribution is -2.46. The maximum Gasteiger partial charge on any atom is 0.122 e. The van der Waals surface area contributed by atoms with Gasteiger partial charge in [-0.25, -0.2) is 0 Å². The Morgan fingerprint density at radius 1 is 1.33 bits per heavy atom. The second-order valence-corrected chi connectivity index (χ2v) is 6.18. The Labute approximate surface area is 111 Å². The van der Waals surface area contributed by atoms with Crippen molar-refractivity contribution in [3.63, 3.8) is 0 Å². The van der Waals surface area contributed by atoms with E-state index >= 15 is 0 Å². The number of hydrogen-bond donors (Lipinski definition) is 1. The van der Waals surface area contributed by atoms with Crippen molar-refractivity contribution in [3.05, 3.63) is 29.8 Å². The van der Waals surface area contributed by atoms with Crippen LogP contribution in [0.25, 0.3) is 0 Å². The van der Waals surface area contributed by atoms with Crippen LogP contribution < -0.4 is 10.1 Å². The van der Waals surface area contributed by atoms with E-state index in [1.54, 1.807) is 0 Å². The molecule has 0 bridgehead atoms. The molecule has 1 aromatic carbocycles. The Balaban J connectivity index is 2.32. The largest absolute Gasteiger partial charge is 0.493 e. The Morgan fingerprint density at radius 2 is 2.06 bits per heavy atom. The van der Waals surface area contributed by atoms with Gasteiger partial charge in [-0.15, -0.1) is 0 Å². The molecule has 18 heavy (non-hydrogen) atoms. The molecule has 1 heterocycles. The molecule has 2 heteroatoms. The monoisotopic (exact) mass is 247 g/mol. The summed E-state index contributed by atoms with van der Waals surface area (Å²) in [6.45, 7) is 11.0. The summed E-state index contributed by atoms with van der Waals surface area (Å²) in [4.78, 5) is 0. The number of para-hydroxylation sites is 1. The fourth-order valence-electron chi connectivity index (χ4n) is 2.99. The first-order valence-corrected chi connectivity index (χ1v) is 6.99. The van der Waals surface area contributed by atoms with Crippen LogP contribution in [0.1, 0.15) is 45.6 Å². The van der Waals surface area contributed by atoms with Crippen LogP contribution in [0, 0.1) is 5.41 Å². The molecule has 0 radical (unpaired) electrons. The predicted molar refractivity (Wildman–Crippen MR) is 76.2 cm³/mol. The quantitative estimate of drug-likeness (QED) is 0.881. The van der Waals surface area contributed by atoms with Crippen LogP contribution in [0.3, 0.4) is 0 Å². The first-order chi connectivity index (χ1) is 8.54. The zero-order valence-corrected chi connectivity index (χ0v) is 12.0. The van der Waals surface area contributed by atoms with E-state index < -0.39 is 0 Å². The minimum atomic E-state index is 0.255. The first kappa shape index (κ1) is 13.4.